The highest BCUT2D eigenvalue weighted by atomic mass is 16.4. The van der Waals surface area contributed by atoms with Gasteiger partial charge in [0.25, 0.3) is 0 Å². The second kappa shape index (κ2) is 6.13. The zero-order valence-electron chi connectivity index (χ0n) is 12.7. The molecule has 116 valence electrons. The molecule has 1 N–H and O–H groups in total. The number of hydrogen-bond acceptors (Lipinski definition) is 4. The maximum Gasteiger partial charge on any atom is 0.307 e. The summed E-state index contributed by atoms with van der Waals surface area (Å²) in [5.74, 6) is 1.39. The van der Waals surface area contributed by atoms with Crippen molar-refractivity contribution in [3.63, 3.8) is 0 Å². The summed E-state index contributed by atoms with van der Waals surface area (Å²) < 4.78 is 1.91. The molecule has 0 saturated carbocycles. The monoisotopic (exact) mass is 292 g/mol. The molecule has 1 fully saturated rings. The molecule has 1 aromatic heterocycles. The number of aromatic nitrogens is 3. The molecule has 2 unspecified atom stereocenters. The maximum atomic E-state index is 11.1. The second-order valence-electron chi connectivity index (χ2n) is 6.30. The van der Waals surface area contributed by atoms with Gasteiger partial charge in [0.1, 0.15) is 5.82 Å². The third-order valence-corrected chi connectivity index (χ3v) is 4.78. The summed E-state index contributed by atoms with van der Waals surface area (Å²) in [4.78, 5) is 18.2. The van der Waals surface area contributed by atoms with Gasteiger partial charge in [-0.1, -0.05) is 6.92 Å². The van der Waals surface area contributed by atoms with Crippen LogP contribution in [-0.2, 0) is 24.2 Å². The van der Waals surface area contributed by atoms with Crippen molar-refractivity contribution in [1.82, 2.24) is 19.7 Å². The van der Waals surface area contributed by atoms with Gasteiger partial charge in [-0.05, 0) is 38.3 Å². The molecule has 2 aliphatic heterocycles. The summed E-state index contributed by atoms with van der Waals surface area (Å²) in [6, 6.07) is 0. The lowest BCUT2D eigenvalue weighted by molar-refractivity contribution is -0.142. The molecule has 0 aromatic carbocycles. The summed E-state index contributed by atoms with van der Waals surface area (Å²) in [6.07, 6.45) is 4.62. The van der Waals surface area contributed by atoms with Crippen molar-refractivity contribution in [2.24, 2.45) is 11.8 Å². The van der Waals surface area contributed by atoms with E-state index in [1.807, 2.05) is 4.68 Å². The molecule has 3 heterocycles. The zero-order chi connectivity index (χ0) is 14.8. The van der Waals surface area contributed by atoms with E-state index in [1.54, 1.807) is 0 Å². The first-order valence-corrected chi connectivity index (χ1v) is 8.03. The summed E-state index contributed by atoms with van der Waals surface area (Å²) in [6.45, 7) is 6.36. The number of piperidine rings is 1. The molecule has 2 aliphatic rings. The molecule has 0 amide bonds. The molecule has 2 atom stereocenters. The van der Waals surface area contributed by atoms with Gasteiger partial charge in [-0.3, -0.25) is 4.79 Å². The summed E-state index contributed by atoms with van der Waals surface area (Å²) in [7, 11) is 0. The minimum Gasteiger partial charge on any atom is -0.481 e. The normalized spacial score (nSPS) is 26.5. The lowest BCUT2D eigenvalue weighted by atomic mass is 9.94. The van der Waals surface area contributed by atoms with Crippen LogP contribution in [0.2, 0.25) is 0 Å². The minimum absolute atomic E-state index is 0.292. The summed E-state index contributed by atoms with van der Waals surface area (Å²) >= 11 is 0. The van der Waals surface area contributed by atoms with Crippen molar-refractivity contribution in [2.45, 2.75) is 45.6 Å². The van der Waals surface area contributed by atoms with E-state index in [-0.39, 0.29) is 5.92 Å². The van der Waals surface area contributed by atoms with Gasteiger partial charge in [0, 0.05) is 25.9 Å². The van der Waals surface area contributed by atoms with E-state index in [0.717, 1.165) is 31.2 Å². The van der Waals surface area contributed by atoms with E-state index in [0.29, 0.717) is 25.3 Å². The molecule has 0 bridgehead atoms. The van der Waals surface area contributed by atoms with Gasteiger partial charge in [-0.15, -0.1) is 0 Å². The molecule has 3 rings (SSSR count). The molecular weight excluding hydrogens is 268 g/mol. The van der Waals surface area contributed by atoms with Crippen LogP contribution in [0.15, 0.2) is 0 Å². The Morgan fingerprint density at radius 3 is 3.00 bits per heavy atom. The highest BCUT2D eigenvalue weighted by molar-refractivity contribution is 5.70. The average molecular weight is 292 g/mol. The molecule has 0 spiro atoms. The van der Waals surface area contributed by atoms with E-state index in [9.17, 15) is 4.79 Å². The van der Waals surface area contributed by atoms with E-state index < -0.39 is 5.97 Å². The Morgan fingerprint density at radius 1 is 1.38 bits per heavy atom. The Labute approximate surface area is 125 Å². The standard InChI is InChI=1S/C15H24N4O2/c1-2-18-6-3-4-11(10-18)8-13-16-14-9-12(15(20)21)5-7-19(14)17-13/h11-12H,2-10H2,1H3,(H,20,21). The molecule has 21 heavy (non-hydrogen) atoms. The van der Waals surface area contributed by atoms with Gasteiger partial charge in [0.2, 0.25) is 0 Å². The van der Waals surface area contributed by atoms with Crippen LogP contribution in [0.4, 0.5) is 0 Å². The number of carbonyl (C=O) groups is 1. The summed E-state index contributed by atoms with van der Waals surface area (Å²) in [5.41, 5.74) is 0. The van der Waals surface area contributed by atoms with E-state index in [1.165, 1.54) is 19.4 Å². The van der Waals surface area contributed by atoms with Crippen LogP contribution in [0.3, 0.4) is 0 Å². The molecule has 1 saturated heterocycles. The van der Waals surface area contributed by atoms with Crippen molar-refractivity contribution < 1.29 is 9.90 Å². The van der Waals surface area contributed by atoms with Gasteiger partial charge in [0.05, 0.1) is 5.92 Å². The zero-order valence-corrected chi connectivity index (χ0v) is 12.7. The van der Waals surface area contributed by atoms with Crippen molar-refractivity contribution in [2.75, 3.05) is 19.6 Å². The first kappa shape index (κ1) is 14.5. The largest absolute Gasteiger partial charge is 0.481 e. The Balaban J connectivity index is 1.64. The van der Waals surface area contributed by atoms with Crippen molar-refractivity contribution in [1.29, 1.82) is 0 Å². The third kappa shape index (κ3) is 3.26. The number of hydrogen-bond donors (Lipinski definition) is 1. The number of carboxylic acid groups (broad SMARTS) is 1. The van der Waals surface area contributed by atoms with Crippen molar-refractivity contribution in [3.05, 3.63) is 11.6 Å². The van der Waals surface area contributed by atoms with Crippen molar-refractivity contribution >= 4 is 5.97 Å². The lowest BCUT2D eigenvalue weighted by Crippen LogP contribution is -2.36. The number of likely N-dealkylation sites (tertiary alicyclic amines) is 1. The fourth-order valence-corrected chi connectivity index (χ4v) is 3.52. The van der Waals surface area contributed by atoms with Gasteiger partial charge >= 0.3 is 5.97 Å². The quantitative estimate of drug-likeness (QED) is 0.903. The molecule has 6 heteroatoms. The molecular formula is C15H24N4O2. The number of nitrogens with zero attached hydrogens (tertiary/aromatic N) is 4. The first-order valence-electron chi connectivity index (χ1n) is 8.03. The third-order valence-electron chi connectivity index (χ3n) is 4.78. The predicted octanol–water partition coefficient (Wildman–Crippen LogP) is 1.20. The Kier molecular flexibility index (Phi) is 4.24. The van der Waals surface area contributed by atoms with Crippen LogP contribution in [-0.4, -0.2) is 50.4 Å². The second-order valence-corrected chi connectivity index (χ2v) is 6.30. The highest BCUT2D eigenvalue weighted by Gasteiger charge is 2.27. The Bertz CT molecular complexity index is 514. The van der Waals surface area contributed by atoms with E-state index >= 15 is 0 Å². The number of fused-ring (bicyclic) bond motifs is 1. The molecule has 0 aliphatic carbocycles. The minimum atomic E-state index is -0.711. The highest BCUT2D eigenvalue weighted by Crippen LogP contribution is 2.22. The fraction of sp³-hybridized carbons (Fsp3) is 0.800. The SMILES string of the molecule is CCN1CCCC(Cc2nc3n(n2)CCC(C(=O)O)C3)C1. The first-order chi connectivity index (χ1) is 10.2. The van der Waals surface area contributed by atoms with Crippen LogP contribution >= 0.6 is 0 Å². The predicted molar refractivity (Wildman–Crippen MR) is 78.0 cm³/mol. The van der Waals surface area contributed by atoms with Crippen LogP contribution in [0, 0.1) is 11.8 Å². The Morgan fingerprint density at radius 2 is 2.24 bits per heavy atom. The topological polar surface area (TPSA) is 71.2 Å². The molecule has 1 aromatic rings. The van der Waals surface area contributed by atoms with E-state index in [4.69, 9.17) is 5.11 Å². The van der Waals surface area contributed by atoms with Gasteiger partial charge < -0.3 is 10.0 Å². The van der Waals surface area contributed by atoms with Crippen LogP contribution in [0.25, 0.3) is 0 Å². The maximum absolute atomic E-state index is 11.1. The number of aryl methyl sites for hydroxylation is 1. The average Bonchev–Trinajstić information content (AvgIpc) is 2.88. The fourth-order valence-electron chi connectivity index (χ4n) is 3.52. The van der Waals surface area contributed by atoms with Gasteiger partial charge in [-0.25, -0.2) is 9.67 Å². The Hall–Kier alpha value is -1.43. The number of aliphatic carboxylic acids is 1. The van der Waals surface area contributed by atoms with Crippen LogP contribution < -0.4 is 0 Å². The number of rotatable bonds is 4. The number of carboxylic acids is 1. The van der Waals surface area contributed by atoms with Gasteiger partial charge in [0.15, 0.2) is 5.82 Å². The lowest BCUT2D eigenvalue weighted by Gasteiger charge is -2.31. The van der Waals surface area contributed by atoms with Crippen LogP contribution in [0.5, 0.6) is 0 Å². The van der Waals surface area contributed by atoms with Crippen LogP contribution in [0.1, 0.15) is 37.8 Å². The summed E-state index contributed by atoms with van der Waals surface area (Å²) in [5, 5.41) is 13.7. The molecule has 6 nitrogen and oxygen atoms in total. The van der Waals surface area contributed by atoms with Crippen molar-refractivity contribution in [3.8, 4) is 0 Å². The van der Waals surface area contributed by atoms with Gasteiger partial charge in [-0.2, -0.15) is 5.10 Å². The smallest absolute Gasteiger partial charge is 0.307 e. The molecule has 0 radical (unpaired) electrons. The van der Waals surface area contributed by atoms with E-state index in [2.05, 4.69) is 21.9 Å².